The number of aromatic nitrogens is 3. The molecule has 1 saturated carbocycles. The number of hydrogen-bond acceptors (Lipinski definition) is 2. The van der Waals surface area contributed by atoms with Gasteiger partial charge >= 0.3 is 5.69 Å². The molecule has 24 heavy (non-hydrogen) atoms. The molecule has 4 nitrogen and oxygen atoms in total. The van der Waals surface area contributed by atoms with Crippen LogP contribution in [0.4, 0.5) is 0 Å². The third kappa shape index (κ3) is 2.68. The van der Waals surface area contributed by atoms with E-state index in [0.717, 1.165) is 18.7 Å². The van der Waals surface area contributed by atoms with Crippen molar-refractivity contribution in [3.05, 3.63) is 76.0 Å². The van der Waals surface area contributed by atoms with Gasteiger partial charge in [-0.25, -0.2) is 9.48 Å². The van der Waals surface area contributed by atoms with Crippen LogP contribution in [0.1, 0.15) is 35.7 Å². The van der Waals surface area contributed by atoms with Crippen molar-refractivity contribution in [2.45, 2.75) is 32.2 Å². The third-order valence-electron chi connectivity index (χ3n) is 4.76. The van der Waals surface area contributed by atoms with Gasteiger partial charge in [0.1, 0.15) is 5.82 Å². The Morgan fingerprint density at radius 2 is 1.83 bits per heavy atom. The molecule has 4 rings (SSSR count). The molecule has 0 bridgehead atoms. The van der Waals surface area contributed by atoms with Crippen LogP contribution in [0.2, 0.25) is 0 Å². The summed E-state index contributed by atoms with van der Waals surface area (Å²) in [7, 11) is 1.73. The Balaban J connectivity index is 1.74. The smallest absolute Gasteiger partial charge is 0.274 e. The van der Waals surface area contributed by atoms with Crippen molar-refractivity contribution in [3.63, 3.8) is 0 Å². The monoisotopic (exact) mass is 319 g/mol. The molecule has 4 heteroatoms. The normalized spacial score (nSPS) is 14.1. The minimum atomic E-state index is -0.0265. The molecular weight excluding hydrogens is 298 g/mol. The van der Waals surface area contributed by atoms with Crippen LogP contribution >= 0.6 is 0 Å². The highest BCUT2D eigenvalue weighted by Gasteiger charge is 2.30. The zero-order valence-corrected chi connectivity index (χ0v) is 14.1. The average Bonchev–Trinajstić information content (AvgIpc) is 3.40. The lowest BCUT2D eigenvalue weighted by molar-refractivity contribution is 0.684. The highest BCUT2D eigenvalue weighted by Crippen LogP contribution is 2.38. The van der Waals surface area contributed by atoms with Crippen molar-refractivity contribution < 1.29 is 0 Å². The first-order valence-corrected chi connectivity index (χ1v) is 8.42. The molecule has 0 saturated heterocycles. The summed E-state index contributed by atoms with van der Waals surface area (Å²) in [4.78, 5) is 12.5. The molecule has 0 unspecified atom stereocenters. The van der Waals surface area contributed by atoms with E-state index in [9.17, 15) is 4.79 Å². The molecule has 1 aliphatic carbocycles. The van der Waals surface area contributed by atoms with Crippen LogP contribution in [0.5, 0.6) is 0 Å². The van der Waals surface area contributed by atoms with E-state index in [1.807, 2.05) is 22.8 Å². The summed E-state index contributed by atoms with van der Waals surface area (Å²) in [5, 5.41) is 4.45. The molecule has 3 aromatic rings. The van der Waals surface area contributed by atoms with Crippen LogP contribution in [0, 0.1) is 6.92 Å². The first-order chi connectivity index (χ1) is 11.6. The fourth-order valence-corrected chi connectivity index (χ4v) is 3.14. The Hall–Kier alpha value is -2.62. The second kappa shape index (κ2) is 5.78. The van der Waals surface area contributed by atoms with Crippen molar-refractivity contribution in [1.82, 2.24) is 14.3 Å². The zero-order chi connectivity index (χ0) is 16.7. The Morgan fingerprint density at radius 3 is 2.54 bits per heavy atom. The lowest BCUT2D eigenvalue weighted by Gasteiger charge is -2.11. The van der Waals surface area contributed by atoms with E-state index in [1.165, 1.54) is 26.9 Å². The molecule has 0 radical (unpaired) electrons. The maximum atomic E-state index is 12.5. The van der Waals surface area contributed by atoms with Gasteiger partial charge in [-0.15, -0.1) is 0 Å². The minimum absolute atomic E-state index is 0.0265. The van der Waals surface area contributed by atoms with Gasteiger partial charge in [-0.2, -0.15) is 5.10 Å². The quantitative estimate of drug-likeness (QED) is 0.738. The van der Waals surface area contributed by atoms with Gasteiger partial charge in [0.15, 0.2) is 0 Å². The Labute approximate surface area is 141 Å². The minimum Gasteiger partial charge on any atom is -0.274 e. The SMILES string of the molecule is Cc1ccc(-c2ccccc2)cc1Cn1c(C2CC2)nn(C)c1=O. The maximum absolute atomic E-state index is 12.5. The molecule has 0 amide bonds. The predicted octanol–water partition coefficient (Wildman–Crippen LogP) is 3.48. The van der Waals surface area contributed by atoms with Crippen LogP contribution in [-0.4, -0.2) is 14.3 Å². The standard InChI is InChI=1S/C20H21N3O/c1-14-8-9-17(15-6-4-3-5-7-15)12-18(14)13-23-19(16-10-11-16)21-22(2)20(23)24/h3-9,12,16H,10-11,13H2,1-2H3. The van der Waals surface area contributed by atoms with Crippen molar-refractivity contribution in [3.8, 4) is 11.1 Å². The van der Waals surface area contributed by atoms with Gasteiger partial charge < -0.3 is 0 Å². The number of rotatable bonds is 4. The topological polar surface area (TPSA) is 39.8 Å². The Morgan fingerprint density at radius 1 is 1.08 bits per heavy atom. The van der Waals surface area contributed by atoms with E-state index < -0.39 is 0 Å². The molecule has 1 aromatic heterocycles. The molecule has 0 aliphatic heterocycles. The van der Waals surface area contributed by atoms with E-state index in [4.69, 9.17) is 0 Å². The van der Waals surface area contributed by atoms with Gasteiger partial charge in [0, 0.05) is 13.0 Å². The third-order valence-corrected chi connectivity index (χ3v) is 4.76. The first-order valence-electron chi connectivity index (χ1n) is 8.42. The van der Waals surface area contributed by atoms with Gasteiger partial charge in [0.05, 0.1) is 6.54 Å². The van der Waals surface area contributed by atoms with Crippen LogP contribution in [-0.2, 0) is 13.6 Å². The van der Waals surface area contributed by atoms with Crippen LogP contribution in [0.3, 0.4) is 0 Å². The molecule has 2 aromatic carbocycles. The van der Waals surface area contributed by atoms with Gasteiger partial charge in [0.2, 0.25) is 0 Å². The Kier molecular flexibility index (Phi) is 3.60. The van der Waals surface area contributed by atoms with E-state index >= 15 is 0 Å². The molecular formula is C20H21N3O. The second-order valence-electron chi connectivity index (χ2n) is 6.63. The zero-order valence-electron chi connectivity index (χ0n) is 14.1. The predicted molar refractivity (Wildman–Crippen MR) is 95.2 cm³/mol. The van der Waals surface area contributed by atoms with Crippen molar-refractivity contribution >= 4 is 0 Å². The van der Waals surface area contributed by atoms with E-state index in [1.54, 1.807) is 7.05 Å². The highest BCUT2D eigenvalue weighted by molar-refractivity contribution is 5.64. The van der Waals surface area contributed by atoms with Crippen molar-refractivity contribution in [2.24, 2.45) is 7.05 Å². The molecule has 122 valence electrons. The summed E-state index contributed by atoms with van der Waals surface area (Å²) in [5.41, 5.74) is 4.72. The molecule has 1 heterocycles. The molecule has 0 spiro atoms. The average molecular weight is 319 g/mol. The maximum Gasteiger partial charge on any atom is 0.345 e. The van der Waals surface area contributed by atoms with Crippen LogP contribution in [0.25, 0.3) is 11.1 Å². The number of hydrogen-bond donors (Lipinski definition) is 0. The van der Waals surface area contributed by atoms with Gasteiger partial charge in [-0.1, -0.05) is 42.5 Å². The van der Waals surface area contributed by atoms with E-state index in [0.29, 0.717) is 12.5 Å². The van der Waals surface area contributed by atoms with Crippen molar-refractivity contribution in [2.75, 3.05) is 0 Å². The summed E-state index contributed by atoms with van der Waals surface area (Å²) in [6, 6.07) is 16.8. The van der Waals surface area contributed by atoms with Crippen LogP contribution < -0.4 is 5.69 Å². The Bertz CT molecular complexity index is 933. The van der Waals surface area contributed by atoms with Gasteiger partial charge in [-0.05, 0) is 48.1 Å². The molecule has 1 aliphatic rings. The summed E-state index contributed by atoms with van der Waals surface area (Å²) >= 11 is 0. The number of nitrogens with zero attached hydrogens (tertiary/aromatic N) is 3. The molecule has 0 atom stereocenters. The number of benzene rings is 2. The summed E-state index contributed by atoms with van der Waals surface area (Å²) in [6.07, 6.45) is 2.28. The van der Waals surface area contributed by atoms with Gasteiger partial charge in [-0.3, -0.25) is 4.57 Å². The lowest BCUT2D eigenvalue weighted by atomic mass is 9.99. The highest BCUT2D eigenvalue weighted by atomic mass is 16.2. The first kappa shape index (κ1) is 14.9. The number of aryl methyl sites for hydroxylation is 2. The summed E-state index contributed by atoms with van der Waals surface area (Å²) in [6.45, 7) is 2.69. The summed E-state index contributed by atoms with van der Waals surface area (Å²) in [5.74, 6) is 1.39. The van der Waals surface area contributed by atoms with E-state index in [-0.39, 0.29) is 5.69 Å². The fraction of sp³-hybridized carbons (Fsp3) is 0.300. The van der Waals surface area contributed by atoms with Gasteiger partial charge in [0.25, 0.3) is 0 Å². The fourth-order valence-electron chi connectivity index (χ4n) is 3.14. The largest absolute Gasteiger partial charge is 0.345 e. The van der Waals surface area contributed by atoms with E-state index in [2.05, 4.69) is 42.4 Å². The van der Waals surface area contributed by atoms with Crippen molar-refractivity contribution in [1.29, 1.82) is 0 Å². The van der Waals surface area contributed by atoms with Crippen LogP contribution in [0.15, 0.2) is 53.3 Å². The summed E-state index contributed by atoms with van der Waals surface area (Å²) < 4.78 is 3.30. The molecule has 0 N–H and O–H groups in total. The second-order valence-corrected chi connectivity index (χ2v) is 6.63. The lowest BCUT2D eigenvalue weighted by Crippen LogP contribution is -2.24. The molecule has 1 fully saturated rings.